The number of ether oxygens (including phenoxy) is 1. The van der Waals surface area contributed by atoms with E-state index in [1.807, 2.05) is 0 Å². The summed E-state index contributed by atoms with van der Waals surface area (Å²) in [5, 5.41) is 25.2. The van der Waals surface area contributed by atoms with Crippen molar-refractivity contribution < 1.29 is 24.4 Å². The number of rotatable bonds is 5. The second kappa shape index (κ2) is 8.23. The maximum absolute atomic E-state index is 12.3. The molecule has 27 heavy (non-hydrogen) atoms. The predicted molar refractivity (Wildman–Crippen MR) is 101 cm³/mol. The normalized spacial score (nSPS) is 10.0. The molecule has 0 saturated carbocycles. The molecular weight excluding hydrogens is 374 g/mol. The highest BCUT2D eigenvalue weighted by molar-refractivity contribution is 7.80. The number of hydrogen-bond donors (Lipinski definition) is 3. The third kappa shape index (κ3) is 4.76. The molecule has 0 atom stereocenters. The Morgan fingerprint density at radius 1 is 1.19 bits per heavy atom. The molecule has 0 aliphatic carbocycles. The maximum atomic E-state index is 12.3. The number of amides is 1. The minimum absolute atomic E-state index is 0.0320. The third-order valence-electron chi connectivity index (χ3n) is 3.59. The number of nitrogens with zero attached hydrogens (tertiary/aromatic N) is 1. The van der Waals surface area contributed by atoms with Gasteiger partial charge in [-0.05, 0) is 55.0 Å². The zero-order valence-corrected chi connectivity index (χ0v) is 15.1. The van der Waals surface area contributed by atoms with E-state index in [9.17, 15) is 19.7 Å². The zero-order valence-electron chi connectivity index (χ0n) is 14.3. The van der Waals surface area contributed by atoms with Crippen LogP contribution in [-0.4, -0.2) is 34.1 Å². The zero-order chi connectivity index (χ0) is 20.1. The van der Waals surface area contributed by atoms with E-state index in [1.54, 1.807) is 6.92 Å². The number of methoxy groups -OCH3 is 1. The number of hydrogen-bond acceptors (Lipinski definition) is 6. The number of carbonyl (C=O) groups is 2. The van der Waals surface area contributed by atoms with Crippen molar-refractivity contribution >= 4 is 40.6 Å². The summed E-state index contributed by atoms with van der Waals surface area (Å²) in [7, 11) is 1.29. The van der Waals surface area contributed by atoms with Gasteiger partial charge in [0.25, 0.3) is 5.91 Å². The van der Waals surface area contributed by atoms with Crippen molar-refractivity contribution in [2.45, 2.75) is 6.92 Å². The highest BCUT2D eigenvalue weighted by Crippen LogP contribution is 2.27. The van der Waals surface area contributed by atoms with Gasteiger partial charge in [0.1, 0.15) is 0 Å². The van der Waals surface area contributed by atoms with Crippen LogP contribution in [0.1, 0.15) is 26.3 Å². The van der Waals surface area contributed by atoms with Gasteiger partial charge in [0.15, 0.2) is 10.9 Å². The number of benzene rings is 2. The summed E-state index contributed by atoms with van der Waals surface area (Å²) >= 11 is 5.07. The molecule has 0 spiro atoms. The first-order valence-electron chi connectivity index (χ1n) is 7.51. The molecule has 2 rings (SSSR count). The number of anilines is 1. The summed E-state index contributed by atoms with van der Waals surface area (Å²) in [6, 6.07) is 8.16. The predicted octanol–water partition coefficient (Wildman–Crippen LogP) is 2.74. The first-order valence-corrected chi connectivity index (χ1v) is 7.92. The lowest BCUT2D eigenvalue weighted by Gasteiger charge is -2.12. The second-order valence-electron chi connectivity index (χ2n) is 5.39. The smallest absolute Gasteiger partial charge is 0.335 e. The average Bonchev–Trinajstić information content (AvgIpc) is 2.62. The third-order valence-corrected chi connectivity index (χ3v) is 3.79. The van der Waals surface area contributed by atoms with Gasteiger partial charge in [0.05, 0.1) is 17.6 Å². The Hall–Kier alpha value is -3.53. The van der Waals surface area contributed by atoms with Gasteiger partial charge in [-0.15, -0.1) is 0 Å². The van der Waals surface area contributed by atoms with Crippen LogP contribution in [0.25, 0.3) is 0 Å². The van der Waals surface area contributed by atoms with Crippen LogP contribution in [0.4, 0.5) is 11.4 Å². The summed E-state index contributed by atoms with van der Waals surface area (Å²) in [6.45, 7) is 1.69. The van der Waals surface area contributed by atoms with Crippen molar-refractivity contribution in [1.29, 1.82) is 0 Å². The van der Waals surface area contributed by atoms with Gasteiger partial charge in [-0.25, -0.2) is 4.79 Å². The number of aromatic carboxylic acids is 1. The lowest BCUT2D eigenvalue weighted by molar-refractivity contribution is -0.385. The molecule has 0 aliphatic rings. The van der Waals surface area contributed by atoms with Crippen LogP contribution in [0.3, 0.4) is 0 Å². The number of carboxylic acids is 1. The minimum atomic E-state index is -1.05. The minimum Gasteiger partial charge on any atom is -0.490 e. The van der Waals surface area contributed by atoms with Gasteiger partial charge in [-0.3, -0.25) is 20.2 Å². The largest absolute Gasteiger partial charge is 0.490 e. The molecule has 0 fully saturated rings. The van der Waals surface area contributed by atoms with Gasteiger partial charge >= 0.3 is 11.7 Å². The van der Waals surface area contributed by atoms with Gasteiger partial charge in [-0.2, -0.15) is 0 Å². The van der Waals surface area contributed by atoms with Gasteiger partial charge in [-0.1, -0.05) is 0 Å². The fourth-order valence-corrected chi connectivity index (χ4v) is 2.44. The van der Waals surface area contributed by atoms with E-state index in [-0.39, 0.29) is 27.7 Å². The standard InChI is InChI=1S/C17H15N3O6S/c1-9-7-11(16(22)23)3-5-12(9)18-17(27)19-15(21)10-4-6-14(26-2)13(8-10)20(24)25/h3-8H,1-2H3,(H,22,23)(H2,18,19,21,27). The van der Waals surface area contributed by atoms with Crippen molar-refractivity contribution in [3.8, 4) is 5.75 Å². The lowest BCUT2D eigenvalue weighted by atomic mass is 10.1. The molecule has 140 valence electrons. The molecule has 0 unspecified atom stereocenters. The first kappa shape index (κ1) is 19.8. The molecule has 0 heterocycles. The highest BCUT2D eigenvalue weighted by Gasteiger charge is 2.19. The quantitative estimate of drug-likeness (QED) is 0.404. The summed E-state index contributed by atoms with van der Waals surface area (Å²) in [5.74, 6) is -1.66. The van der Waals surface area contributed by atoms with Gasteiger partial charge < -0.3 is 15.2 Å². The van der Waals surface area contributed by atoms with Crippen molar-refractivity contribution in [1.82, 2.24) is 5.32 Å². The molecule has 0 bridgehead atoms. The SMILES string of the molecule is COc1ccc(C(=O)NC(=S)Nc2ccc(C(=O)O)cc2C)cc1[N+](=O)[O-]. The van der Waals surface area contributed by atoms with Crippen molar-refractivity contribution in [2.24, 2.45) is 0 Å². The van der Waals surface area contributed by atoms with Crippen LogP contribution >= 0.6 is 12.2 Å². The van der Waals surface area contributed by atoms with Gasteiger partial charge in [0, 0.05) is 17.3 Å². The molecule has 0 saturated heterocycles. The van der Waals surface area contributed by atoms with Crippen molar-refractivity contribution in [3.63, 3.8) is 0 Å². The Kier molecular flexibility index (Phi) is 6.03. The van der Waals surface area contributed by atoms with Crippen LogP contribution in [0, 0.1) is 17.0 Å². The molecule has 9 nitrogen and oxygen atoms in total. The summed E-state index contributed by atoms with van der Waals surface area (Å²) < 4.78 is 4.89. The van der Waals surface area contributed by atoms with Crippen LogP contribution in [0.5, 0.6) is 5.75 Å². The van der Waals surface area contributed by atoms with Crippen LogP contribution in [-0.2, 0) is 0 Å². The Morgan fingerprint density at radius 2 is 1.85 bits per heavy atom. The number of carboxylic acid groups (broad SMARTS) is 1. The average molecular weight is 389 g/mol. The van der Waals surface area contributed by atoms with Gasteiger partial charge in [0.2, 0.25) is 0 Å². The van der Waals surface area contributed by atoms with E-state index in [0.717, 1.165) is 6.07 Å². The van der Waals surface area contributed by atoms with Crippen molar-refractivity contribution in [3.05, 3.63) is 63.2 Å². The molecule has 3 N–H and O–H groups in total. The Morgan fingerprint density at radius 3 is 2.41 bits per heavy atom. The molecule has 2 aromatic rings. The van der Waals surface area contributed by atoms with E-state index in [1.165, 1.54) is 37.4 Å². The maximum Gasteiger partial charge on any atom is 0.335 e. The number of nitro groups is 1. The molecule has 10 heteroatoms. The molecule has 0 aromatic heterocycles. The van der Waals surface area contributed by atoms with E-state index in [0.29, 0.717) is 11.3 Å². The van der Waals surface area contributed by atoms with Crippen LogP contribution in [0.2, 0.25) is 0 Å². The van der Waals surface area contributed by atoms with E-state index in [4.69, 9.17) is 22.1 Å². The fraction of sp³-hybridized carbons (Fsp3) is 0.118. The monoisotopic (exact) mass is 389 g/mol. The molecular formula is C17H15N3O6S. The fourth-order valence-electron chi connectivity index (χ4n) is 2.24. The number of thiocarbonyl (C=S) groups is 1. The Labute approximate surface area is 159 Å². The molecule has 0 radical (unpaired) electrons. The van der Waals surface area contributed by atoms with E-state index in [2.05, 4.69) is 10.6 Å². The lowest BCUT2D eigenvalue weighted by Crippen LogP contribution is -2.34. The molecule has 1 amide bonds. The number of nitro benzene ring substituents is 1. The van der Waals surface area contributed by atoms with E-state index >= 15 is 0 Å². The number of carbonyl (C=O) groups excluding carboxylic acids is 1. The second-order valence-corrected chi connectivity index (χ2v) is 5.80. The molecule has 0 aliphatic heterocycles. The summed E-state index contributed by atoms with van der Waals surface area (Å²) in [4.78, 5) is 33.6. The Bertz CT molecular complexity index is 944. The topological polar surface area (TPSA) is 131 Å². The highest BCUT2D eigenvalue weighted by atomic mass is 32.1. The summed E-state index contributed by atoms with van der Waals surface area (Å²) in [5.41, 5.74) is 0.949. The van der Waals surface area contributed by atoms with Crippen molar-refractivity contribution in [2.75, 3.05) is 12.4 Å². The van der Waals surface area contributed by atoms with E-state index < -0.39 is 16.8 Å². The summed E-state index contributed by atoms with van der Waals surface area (Å²) in [6.07, 6.45) is 0. The number of aryl methyl sites for hydroxylation is 1. The Balaban J connectivity index is 2.12. The first-order chi connectivity index (χ1) is 12.7. The number of nitrogens with one attached hydrogen (secondary N) is 2. The van der Waals surface area contributed by atoms with Crippen LogP contribution < -0.4 is 15.4 Å². The van der Waals surface area contributed by atoms with Crippen LogP contribution in [0.15, 0.2) is 36.4 Å². The molecule has 2 aromatic carbocycles.